The number of aromatic nitrogens is 5. The third-order valence-corrected chi connectivity index (χ3v) is 3.97. The Morgan fingerprint density at radius 3 is 2.83 bits per heavy atom. The van der Waals surface area contributed by atoms with Crippen molar-refractivity contribution in [2.24, 2.45) is 5.10 Å². The fraction of sp³-hybridized carbons (Fsp3) is 0.294. The number of hydrazone groups is 1. The normalized spacial score (nSPS) is 11.0. The van der Waals surface area contributed by atoms with Gasteiger partial charge in [-0.1, -0.05) is 18.6 Å². The van der Waals surface area contributed by atoms with Gasteiger partial charge >= 0.3 is 0 Å². The molecule has 3 rings (SSSR count). The zero-order valence-electron chi connectivity index (χ0n) is 16.1. The van der Waals surface area contributed by atoms with Crippen molar-refractivity contribution in [1.82, 2.24) is 30.7 Å². The number of benzene rings is 1. The summed E-state index contributed by atoms with van der Waals surface area (Å²) >= 11 is 0. The number of nitrogen functional groups attached to an aromatic ring is 1. The van der Waals surface area contributed by atoms with Crippen molar-refractivity contribution in [1.29, 1.82) is 0 Å². The summed E-state index contributed by atoms with van der Waals surface area (Å²) in [4.78, 5) is 12.6. The van der Waals surface area contributed by atoms with Crippen molar-refractivity contribution in [3.05, 3.63) is 35.2 Å². The number of nitrogens with one attached hydrogen (secondary N) is 1. The fourth-order valence-corrected chi connectivity index (χ4v) is 2.60. The SMILES string of the molecule is CCCc1c(C(=O)N/N=C/c2cc(OC)ccc2OC)nnn1-c1nonc1N. The van der Waals surface area contributed by atoms with Crippen LogP contribution >= 0.6 is 0 Å². The molecule has 2 heterocycles. The van der Waals surface area contributed by atoms with Gasteiger partial charge in [-0.15, -0.1) is 5.10 Å². The number of carbonyl (C=O) groups excluding carboxylic acids is 1. The molecule has 0 aliphatic rings. The average Bonchev–Trinajstić information content (AvgIpc) is 3.33. The summed E-state index contributed by atoms with van der Waals surface area (Å²) in [5, 5.41) is 19.1. The van der Waals surface area contributed by atoms with E-state index < -0.39 is 5.91 Å². The summed E-state index contributed by atoms with van der Waals surface area (Å²) in [7, 11) is 3.10. The molecule has 12 heteroatoms. The molecule has 0 bridgehead atoms. The lowest BCUT2D eigenvalue weighted by atomic mass is 10.2. The van der Waals surface area contributed by atoms with Crippen LogP contribution in [0.3, 0.4) is 0 Å². The molecule has 29 heavy (non-hydrogen) atoms. The van der Waals surface area contributed by atoms with Gasteiger partial charge in [0.15, 0.2) is 5.69 Å². The first-order valence-corrected chi connectivity index (χ1v) is 8.67. The Bertz CT molecular complexity index is 1030. The largest absolute Gasteiger partial charge is 0.497 e. The van der Waals surface area contributed by atoms with Gasteiger partial charge < -0.3 is 15.2 Å². The molecule has 0 unspecified atom stereocenters. The molecule has 3 aromatic rings. The van der Waals surface area contributed by atoms with Crippen molar-refractivity contribution < 1.29 is 18.9 Å². The number of carbonyl (C=O) groups is 1. The lowest BCUT2D eigenvalue weighted by Gasteiger charge is -2.07. The van der Waals surface area contributed by atoms with Crippen LogP contribution in [0.4, 0.5) is 5.82 Å². The third kappa shape index (κ3) is 4.15. The Kier molecular flexibility index (Phi) is 6.02. The van der Waals surface area contributed by atoms with E-state index in [1.807, 2.05) is 6.92 Å². The highest BCUT2D eigenvalue weighted by Crippen LogP contribution is 2.22. The van der Waals surface area contributed by atoms with Crippen LogP contribution in [-0.2, 0) is 6.42 Å². The number of anilines is 1. The second-order valence-corrected chi connectivity index (χ2v) is 5.83. The van der Waals surface area contributed by atoms with E-state index in [2.05, 4.69) is 35.8 Å². The number of rotatable bonds is 8. The predicted molar refractivity (Wildman–Crippen MR) is 102 cm³/mol. The molecule has 2 aromatic heterocycles. The summed E-state index contributed by atoms with van der Waals surface area (Å²) in [6.45, 7) is 1.96. The quantitative estimate of drug-likeness (QED) is 0.415. The smallest absolute Gasteiger partial charge is 0.293 e. The summed E-state index contributed by atoms with van der Waals surface area (Å²) in [6, 6.07) is 5.23. The van der Waals surface area contributed by atoms with Crippen LogP contribution in [0, 0.1) is 0 Å². The van der Waals surface area contributed by atoms with Gasteiger partial charge in [0.05, 0.1) is 26.1 Å². The lowest BCUT2D eigenvalue weighted by molar-refractivity contribution is 0.0949. The molecule has 0 aliphatic carbocycles. The third-order valence-electron chi connectivity index (χ3n) is 3.97. The van der Waals surface area contributed by atoms with Crippen molar-refractivity contribution in [3.8, 4) is 17.3 Å². The van der Waals surface area contributed by atoms with Crippen molar-refractivity contribution in [2.45, 2.75) is 19.8 Å². The topological polar surface area (TPSA) is 156 Å². The number of hydrogen-bond acceptors (Lipinski definition) is 10. The Morgan fingerprint density at radius 1 is 1.34 bits per heavy atom. The second kappa shape index (κ2) is 8.82. The number of hydrogen-bond donors (Lipinski definition) is 2. The number of nitrogens with zero attached hydrogens (tertiary/aromatic N) is 6. The minimum absolute atomic E-state index is 0.0438. The Hall–Kier alpha value is -3.96. The van der Waals surface area contributed by atoms with E-state index in [0.717, 1.165) is 6.42 Å². The maximum absolute atomic E-state index is 12.6. The molecule has 1 aromatic carbocycles. The van der Waals surface area contributed by atoms with E-state index in [1.165, 1.54) is 18.0 Å². The van der Waals surface area contributed by atoms with Crippen molar-refractivity contribution >= 4 is 17.9 Å². The number of methoxy groups -OCH3 is 2. The number of ether oxygens (including phenoxy) is 2. The maximum atomic E-state index is 12.6. The zero-order valence-corrected chi connectivity index (χ0v) is 16.1. The van der Waals surface area contributed by atoms with Gasteiger partial charge in [-0.2, -0.15) is 9.78 Å². The summed E-state index contributed by atoms with van der Waals surface area (Å²) in [6.07, 6.45) is 2.70. The molecule has 3 N–H and O–H groups in total. The molecule has 0 saturated carbocycles. The van der Waals surface area contributed by atoms with E-state index in [4.69, 9.17) is 15.2 Å². The molecule has 0 atom stereocenters. The molecule has 0 saturated heterocycles. The van der Waals surface area contributed by atoms with Gasteiger partial charge in [0.25, 0.3) is 5.91 Å². The molecule has 0 fully saturated rings. The highest BCUT2D eigenvalue weighted by molar-refractivity contribution is 5.94. The van der Waals surface area contributed by atoms with Gasteiger partial charge in [0, 0.05) is 5.56 Å². The molecule has 0 radical (unpaired) electrons. The van der Waals surface area contributed by atoms with Crippen LogP contribution < -0.4 is 20.6 Å². The van der Waals surface area contributed by atoms with Crippen molar-refractivity contribution in [2.75, 3.05) is 20.0 Å². The first kappa shape index (κ1) is 19.8. The summed E-state index contributed by atoms with van der Waals surface area (Å²) in [5.41, 5.74) is 9.40. The predicted octanol–water partition coefficient (Wildman–Crippen LogP) is 0.966. The average molecular weight is 400 g/mol. The van der Waals surface area contributed by atoms with E-state index in [1.54, 1.807) is 25.3 Å². The molecular weight excluding hydrogens is 380 g/mol. The van der Waals surface area contributed by atoms with Crippen LogP contribution in [0.1, 0.15) is 35.1 Å². The van der Waals surface area contributed by atoms with E-state index in [-0.39, 0.29) is 17.3 Å². The second-order valence-electron chi connectivity index (χ2n) is 5.83. The molecule has 12 nitrogen and oxygen atoms in total. The van der Waals surface area contributed by atoms with E-state index in [0.29, 0.717) is 29.2 Å². The number of amides is 1. The highest BCUT2D eigenvalue weighted by atomic mass is 16.6. The summed E-state index contributed by atoms with van der Waals surface area (Å²) < 4.78 is 16.4. The highest BCUT2D eigenvalue weighted by Gasteiger charge is 2.23. The number of nitrogens with two attached hydrogens (primary N) is 1. The summed E-state index contributed by atoms with van der Waals surface area (Å²) in [5.74, 6) is 0.890. The van der Waals surface area contributed by atoms with Gasteiger partial charge in [-0.05, 0) is 34.9 Å². The Morgan fingerprint density at radius 2 is 2.17 bits per heavy atom. The van der Waals surface area contributed by atoms with Crippen LogP contribution in [0.15, 0.2) is 27.9 Å². The Labute approximate surface area is 165 Å². The van der Waals surface area contributed by atoms with E-state index in [9.17, 15) is 4.79 Å². The lowest BCUT2D eigenvalue weighted by Crippen LogP contribution is -2.20. The standard InChI is InChI=1S/C17H20N8O4/c1-4-5-12-14(20-24-25(12)16-15(18)22-29-23-16)17(26)21-19-9-10-8-11(27-2)6-7-13(10)28-3/h6-9H,4-5H2,1-3H3,(H2,18,22)(H,21,26)/b19-9+. The molecule has 0 spiro atoms. The van der Waals surface area contributed by atoms with Crippen molar-refractivity contribution in [3.63, 3.8) is 0 Å². The molecule has 152 valence electrons. The van der Waals surface area contributed by atoms with Gasteiger partial charge in [-0.25, -0.2) is 10.1 Å². The fourth-order valence-electron chi connectivity index (χ4n) is 2.60. The Balaban J connectivity index is 1.82. The van der Waals surface area contributed by atoms with Crippen LogP contribution in [-0.4, -0.2) is 51.6 Å². The first-order valence-electron chi connectivity index (χ1n) is 8.67. The molecular formula is C17H20N8O4. The van der Waals surface area contributed by atoms with Gasteiger partial charge in [0.2, 0.25) is 11.6 Å². The minimum atomic E-state index is -0.534. The monoisotopic (exact) mass is 400 g/mol. The zero-order chi connectivity index (χ0) is 20.8. The van der Waals surface area contributed by atoms with E-state index >= 15 is 0 Å². The molecule has 1 amide bonds. The van der Waals surface area contributed by atoms with Crippen LogP contribution in [0.2, 0.25) is 0 Å². The minimum Gasteiger partial charge on any atom is -0.497 e. The first-order chi connectivity index (χ1) is 14.1. The van der Waals surface area contributed by atoms with Crippen LogP contribution in [0.5, 0.6) is 11.5 Å². The maximum Gasteiger partial charge on any atom is 0.293 e. The van der Waals surface area contributed by atoms with Gasteiger partial charge in [-0.3, -0.25) is 4.79 Å². The van der Waals surface area contributed by atoms with Gasteiger partial charge in [0.1, 0.15) is 11.5 Å². The molecule has 0 aliphatic heterocycles. The van der Waals surface area contributed by atoms with Crippen LogP contribution in [0.25, 0.3) is 5.82 Å².